The Labute approximate surface area is 80.1 Å². The molecule has 0 aliphatic heterocycles. The molecule has 0 aliphatic carbocycles. The van der Waals surface area contributed by atoms with Gasteiger partial charge in [-0.1, -0.05) is 32.9 Å². The number of hydrogen-bond donors (Lipinski definition) is 0. The van der Waals surface area contributed by atoms with Gasteiger partial charge in [-0.3, -0.25) is 4.68 Å². The molecule has 0 spiro atoms. The van der Waals surface area contributed by atoms with Gasteiger partial charge in [-0.15, -0.1) is 5.10 Å². The van der Waals surface area contributed by atoms with E-state index in [1.54, 1.807) is 4.68 Å². The summed E-state index contributed by atoms with van der Waals surface area (Å²) >= 11 is 0. The van der Waals surface area contributed by atoms with Crippen molar-refractivity contribution in [1.29, 1.82) is 0 Å². The Morgan fingerprint density at radius 1 is 1.46 bits per heavy atom. The molecule has 0 atom stereocenters. The van der Waals surface area contributed by atoms with Crippen LogP contribution in [0.5, 0.6) is 0 Å². The van der Waals surface area contributed by atoms with Crippen LogP contribution in [0, 0.1) is 5.92 Å². The second-order valence-electron chi connectivity index (χ2n) is 4.76. The molecule has 1 aromatic rings. The van der Waals surface area contributed by atoms with Crippen molar-refractivity contribution in [3.05, 3.63) is 11.9 Å². The molecule has 0 saturated heterocycles. The second-order valence-corrected chi connectivity index (χ2v) is 4.76. The molecule has 0 aliphatic rings. The summed E-state index contributed by atoms with van der Waals surface area (Å²) in [5.41, 5.74) is 1.23. The van der Waals surface area contributed by atoms with Crippen molar-refractivity contribution in [2.24, 2.45) is 13.0 Å². The summed E-state index contributed by atoms with van der Waals surface area (Å²) in [6, 6.07) is 0. The topological polar surface area (TPSA) is 30.7 Å². The van der Waals surface area contributed by atoms with E-state index in [1.807, 2.05) is 13.2 Å². The summed E-state index contributed by atoms with van der Waals surface area (Å²) in [5, 5.41) is 8.11. The van der Waals surface area contributed by atoms with Gasteiger partial charge in [0.25, 0.3) is 0 Å². The van der Waals surface area contributed by atoms with E-state index in [2.05, 4.69) is 38.0 Å². The minimum Gasteiger partial charge on any atom is -0.255 e. The van der Waals surface area contributed by atoms with Crippen molar-refractivity contribution in [1.82, 2.24) is 15.0 Å². The number of nitrogens with zero attached hydrogens (tertiary/aromatic N) is 3. The first-order chi connectivity index (χ1) is 5.92. The van der Waals surface area contributed by atoms with Crippen molar-refractivity contribution in [2.45, 2.75) is 39.5 Å². The first-order valence-electron chi connectivity index (χ1n) is 4.78. The van der Waals surface area contributed by atoms with Gasteiger partial charge in [0.15, 0.2) is 0 Å². The van der Waals surface area contributed by atoms with E-state index in [0.717, 1.165) is 12.1 Å². The second kappa shape index (κ2) is 3.48. The van der Waals surface area contributed by atoms with Crippen molar-refractivity contribution in [3.63, 3.8) is 0 Å². The lowest BCUT2D eigenvalue weighted by Gasteiger charge is -2.23. The van der Waals surface area contributed by atoms with E-state index in [0.29, 0.717) is 5.92 Å². The summed E-state index contributed by atoms with van der Waals surface area (Å²) in [6.45, 7) is 8.91. The van der Waals surface area contributed by atoms with Gasteiger partial charge < -0.3 is 0 Å². The Morgan fingerprint density at radius 2 is 2.08 bits per heavy atom. The highest BCUT2D eigenvalue weighted by atomic mass is 15.4. The lowest BCUT2D eigenvalue weighted by Crippen LogP contribution is -2.20. The SMILES string of the molecule is CC(C)CC(C)(C)c1cn(C)nn1. The molecule has 0 amide bonds. The number of aromatic nitrogens is 3. The van der Waals surface area contributed by atoms with E-state index in [9.17, 15) is 0 Å². The zero-order valence-electron chi connectivity index (χ0n) is 9.20. The Bertz CT molecular complexity index is 273. The molecule has 0 unspecified atom stereocenters. The molecule has 0 N–H and O–H groups in total. The van der Waals surface area contributed by atoms with Gasteiger partial charge in [0.2, 0.25) is 0 Å². The molecule has 0 fully saturated rings. The zero-order chi connectivity index (χ0) is 10.1. The monoisotopic (exact) mass is 181 g/mol. The Kier molecular flexibility index (Phi) is 2.74. The third-order valence-electron chi connectivity index (χ3n) is 2.21. The number of aryl methyl sites for hydroxylation is 1. The van der Waals surface area contributed by atoms with Crippen LogP contribution in [0.4, 0.5) is 0 Å². The lowest BCUT2D eigenvalue weighted by molar-refractivity contribution is 0.390. The average molecular weight is 181 g/mol. The van der Waals surface area contributed by atoms with Crippen LogP contribution in [0.25, 0.3) is 0 Å². The van der Waals surface area contributed by atoms with Crippen molar-refractivity contribution in [2.75, 3.05) is 0 Å². The fourth-order valence-corrected chi connectivity index (χ4v) is 1.78. The van der Waals surface area contributed by atoms with Gasteiger partial charge in [-0.05, 0) is 12.3 Å². The molecule has 13 heavy (non-hydrogen) atoms. The molecule has 1 heterocycles. The maximum atomic E-state index is 4.15. The summed E-state index contributed by atoms with van der Waals surface area (Å²) in [6.07, 6.45) is 3.15. The third kappa shape index (κ3) is 2.54. The fraction of sp³-hybridized carbons (Fsp3) is 0.800. The molecule has 0 bridgehead atoms. The van der Waals surface area contributed by atoms with Crippen LogP contribution >= 0.6 is 0 Å². The lowest BCUT2D eigenvalue weighted by atomic mass is 9.81. The normalized spacial score (nSPS) is 12.5. The van der Waals surface area contributed by atoms with Crippen LogP contribution in [-0.4, -0.2) is 15.0 Å². The van der Waals surface area contributed by atoms with Crippen LogP contribution in [0.3, 0.4) is 0 Å². The Balaban J connectivity index is 2.80. The van der Waals surface area contributed by atoms with E-state index in [-0.39, 0.29) is 5.41 Å². The van der Waals surface area contributed by atoms with Gasteiger partial charge in [0, 0.05) is 18.7 Å². The maximum Gasteiger partial charge on any atom is 0.0883 e. The maximum absolute atomic E-state index is 4.15. The Morgan fingerprint density at radius 3 is 2.46 bits per heavy atom. The van der Waals surface area contributed by atoms with Gasteiger partial charge in [0.05, 0.1) is 5.69 Å². The average Bonchev–Trinajstić information content (AvgIpc) is 2.32. The zero-order valence-corrected chi connectivity index (χ0v) is 9.20. The van der Waals surface area contributed by atoms with Crippen LogP contribution in [0.1, 0.15) is 39.8 Å². The molecule has 0 saturated carbocycles. The number of rotatable bonds is 3. The number of hydrogen-bond acceptors (Lipinski definition) is 2. The molecule has 1 aromatic heterocycles. The van der Waals surface area contributed by atoms with Gasteiger partial charge in [-0.2, -0.15) is 0 Å². The van der Waals surface area contributed by atoms with Crippen molar-refractivity contribution < 1.29 is 0 Å². The highest BCUT2D eigenvalue weighted by Crippen LogP contribution is 2.28. The fourth-order valence-electron chi connectivity index (χ4n) is 1.78. The van der Waals surface area contributed by atoms with Crippen molar-refractivity contribution in [3.8, 4) is 0 Å². The molecular formula is C10H19N3. The highest BCUT2D eigenvalue weighted by Gasteiger charge is 2.24. The molecule has 0 aromatic carbocycles. The summed E-state index contributed by atoms with van der Waals surface area (Å²) in [5.74, 6) is 0.692. The minimum atomic E-state index is 0.141. The summed E-state index contributed by atoms with van der Waals surface area (Å²) < 4.78 is 1.76. The van der Waals surface area contributed by atoms with E-state index in [1.165, 1.54) is 0 Å². The quantitative estimate of drug-likeness (QED) is 0.715. The molecule has 1 rings (SSSR count). The van der Waals surface area contributed by atoms with E-state index >= 15 is 0 Å². The minimum absolute atomic E-state index is 0.141. The third-order valence-corrected chi connectivity index (χ3v) is 2.21. The van der Waals surface area contributed by atoms with Gasteiger partial charge >= 0.3 is 0 Å². The molecule has 74 valence electrons. The van der Waals surface area contributed by atoms with Crippen LogP contribution in [-0.2, 0) is 12.5 Å². The van der Waals surface area contributed by atoms with Crippen LogP contribution in [0.2, 0.25) is 0 Å². The highest BCUT2D eigenvalue weighted by molar-refractivity contribution is 5.08. The standard InChI is InChI=1S/C10H19N3/c1-8(2)6-10(3,4)9-7-13(5)12-11-9/h7-8H,6H2,1-5H3. The predicted molar refractivity (Wildman–Crippen MR) is 53.5 cm³/mol. The Hall–Kier alpha value is -0.860. The van der Waals surface area contributed by atoms with Gasteiger partial charge in [0.1, 0.15) is 0 Å². The first kappa shape index (κ1) is 10.2. The largest absolute Gasteiger partial charge is 0.255 e. The van der Waals surface area contributed by atoms with E-state index < -0.39 is 0 Å². The molecule has 0 radical (unpaired) electrons. The van der Waals surface area contributed by atoms with Gasteiger partial charge in [-0.25, -0.2) is 0 Å². The first-order valence-corrected chi connectivity index (χ1v) is 4.78. The summed E-state index contributed by atoms with van der Waals surface area (Å²) in [4.78, 5) is 0. The van der Waals surface area contributed by atoms with Crippen LogP contribution in [0.15, 0.2) is 6.20 Å². The molecule has 3 heteroatoms. The predicted octanol–water partition coefficient (Wildman–Crippen LogP) is 2.14. The smallest absolute Gasteiger partial charge is 0.0883 e. The molecular weight excluding hydrogens is 162 g/mol. The summed E-state index contributed by atoms with van der Waals surface area (Å²) in [7, 11) is 1.90. The van der Waals surface area contributed by atoms with Crippen LogP contribution < -0.4 is 0 Å². The van der Waals surface area contributed by atoms with E-state index in [4.69, 9.17) is 0 Å². The van der Waals surface area contributed by atoms with Crippen molar-refractivity contribution >= 4 is 0 Å². The molecule has 3 nitrogen and oxygen atoms in total.